The minimum Gasteiger partial charge on any atom is -0.481 e. The fraction of sp³-hybridized carbons (Fsp3) is 0.643. The summed E-state index contributed by atoms with van der Waals surface area (Å²) in [6.07, 6.45) is -0.253. The van der Waals surface area contributed by atoms with Crippen LogP contribution in [0.3, 0.4) is 0 Å². The van der Waals surface area contributed by atoms with Crippen LogP contribution in [-0.2, 0) is 14.9 Å². The minimum atomic E-state index is -1.02. The van der Waals surface area contributed by atoms with Gasteiger partial charge in [-0.05, 0) is 6.92 Å². The molecule has 0 spiro atoms. The number of amides is 1. The van der Waals surface area contributed by atoms with Gasteiger partial charge < -0.3 is 19.7 Å². The second-order valence-electron chi connectivity index (χ2n) is 6.34. The monoisotopic (exact) mass is 298 g/mol. The van der Waals surface area contributed by atoms with E-state index in [1.807, 2.05) is 20.8 Å². The first-order valence-electron chi connectivity index (χ1n) is 6.58. The van der Waals surface area contributed by atoms with E-state index in [2.05, 4.69) is 10.5 Å². The van der Waals surface area contributed by atoms with Crippen LogP contribution in [-0.4, -0.2) is 41.4 Å². The van der Waals surface area contributed by atoms with Gasteiger partial charge >= 0.3 is 5.97 Å². The lowest BCUT2D eigenvalue weighted by Crippen LogP contribution is -2.50. The number of hydrogen-bond donors (Lipinski definition) is 2. The molecule has 2 N–H and O–H groups in total. The Bertz CT molecular complexity index is 518. The molecule has 7 nitrogen and oxygen atoms in total. The predicted octanol–water partition coefficient (Wildman–Crippen LogP) is 1.58. The Morgan fingerprint density at radius 3 is 2.43 bits per heavy atom. The number of ether oxygens (including phenoxy) is 1. The Hall–Kier alpha value is -1.89. The third-order valence-corrected chi connectivity index (χ3v) is 2.90. The Labute approximate surface area is 123 Å². The fourth-order valence-corrected chi connectivity index (χ4v) is 1.86. The number of nitrogens with one attached hydrogen (secondary N) is 1. The molecule has 0 bridgehead atoms. The van der Waals surface area contributed by atoms with Crippen LogP contribution in [0.1, 0.15) is 50.4 Å². The molecule has 0 aliphatic heterocycles. The van der Waals surface area contributed by atoms with E-state index >= 15 is 0 Å². The van der Waals surface area contributed by atoms with E-state index < -0.39 is 17.4 Å². The number of carboxylic acid groups (broad SMARTS) is 1. The second-order valence-corrected chi connectivity index (χ2v) is 6.34. The molecule has 1 atom stereocenters. The molecule has 0 aliphatic carbocycles. The first kappa shape index (κ1) is 17.2. The quantitative estimate of drug-likeness (QED) is 0.826. The van der Waals surface area contributed by atoms with Gasteiger partial charge in [-0.1, -0.05) is 25.9 Å². The topological polar surface area (TPSA) is 102 Å². The summed E-state index contributed by atoms with van der Waals surface area (Å²) in [7, 11) is 1.44. The van der Waals surface area contributed by atoms with E-state index in [1.165, 1.54) is 7.11 Å². The molecule has 0 saturated heterocycles. The van der Waals surface area contributed by atoms with E-state index in [1.54, 1.807) is 13.0 Å². The summed E-state index contributed by atoms with van der Waals surface area (Å²) in [5.41, 5.74) is -1.16. The van der Waals surface area contributed by atoms with Crippen molar-refractivity contribution in [3.05, 3.63) is 17.5 Å². The highest BCUT2D eigenvalue weighted by molar-refractivity contribution is 5.93. The average Bonchev–Trinajstić information content (AvgIpc) is 2.75. The van der Waals surface area contributed by atoms with Gasteiger partial charge in [-0.3, -0.25) is 9.59 Å². The molecule has 0 fully saturated rings. The van der Waals surface area contributed by atoms with Crippen LogP contribution in [0.5, 0.6) is 0 Å². The van der Waals surface area contributed by atoms with Crippen molar-refractivity contribution < 1.29 is 24.0 Å². The number of carboxylic acids is 1. The largest absolute Gasteiger partial charge is 0.481 e. The third-order valence-electron chi connectivity index (χ3n) is 2.90. The van der Waals surface area contributed by atoms with Gasteiger partial charge in [0, 0.05) is 18.6 Å². The van der Waals surface area contributed by atoms with Crippen molar-refractivity contribution in [2.24, 2.45) is 0 Å². The summed E-state index contributed by atoms with van der Waals surface area (Å²) in [6, 6.07) is 1.56. The molecule has 1 amide bonds. The lowest BCUT2D eigenvalue weighted by molar-refractivity contribution is -0.139. The van der Waals surface area contributed by atoms with Crippen molar-refractivity contribution >= 4 is 11.9 Å². The van der Waals surface area contributed by atoms with Crippen molar-refractivity contribution in [1.29, 1.82) is 0 Å². The van der Waals surface area contributed by atoms with Crippen LogP contribution in [0, 0.1) is 0 Å². The van der Waals surface area contributed by atoms with Crippen LogP contribution in [0.15, 0.2) is 10.6 Å². The number of carbonyl (C=O) groups is 2. The number of aliphatic carboxylic acids is 1. The first-order chi connectivity index (χ1) is 9.57. The van der Waals surface area contributed by atoms with Crippen LogP contribution in [0.2, 0.25) is 0 Å². The van der Waals surface area contributed by atoms with Gasteiger partial charge in [-0.25, -0.2) is 0 Å². The molecule has 1 aromatic rings. The third kappa shape index (κ3) is 4.86. The highest BCUT2D eigenvalue weighted by Crippen LogP contribution is 2.23. The molecular weight excluding hydrogens is 276 g/mol. The van der Waals surface area contributed by atoms with E-state index in [0.717, 1.165) is 0 Å². The Kier molecular flexibility index (Phi) is 5.11. The lowest BCUT2D eigenvalue weighted by atomic mass is 9.93. The average molecular weight is 298 g/mol. The molecule has 0 radical (unpaired) electrons. The van der Waals surface area contributed by atoms with Gasteiger partial charge in [0.1, 0.15) is 5.76 Å². The van der Waals surface area contributed by atoms with Crippen molar-refractivity contribution in [3.63, 3.8) is 0 Å². The van der Waals surface area contributed by atoms with Gasteiger partial charge in [0.05, 0.1) is 18.6 Å². The Morgan fingerprint density at radius 2 is 2.00 bits per heavy atom. The number of aromatic nitrogens is 1. The smallest absolute Gasteiger partial charge is 0.305 e. The fourth-order valence-electron chi connectivity index (χ4n) is 1.86. The molecule has 1 aromatic heterocycles. The molecule has 0 aliphatic rings. The molecule has 1 unspecified atom stereocenters. The SMILES string of the molecule is COCC(C)(CC(=O)O)NC(=O)c1cc(C(C)(C)C)on1. The van der Waals surface area contributed by atoms with E-state index in [0.29, 0.717) is 5.76 Å². The highest BCUT2D eigenvalue weighted by Gasteiger charge is 2.31. The Morgan fingerprint density at radius 1 is 1.38 bits per heavy atom. The summed E-state index contributed by atoms with van der Waals surface area (Å²) >= 11 is 0. The summed E-state index contributed by atoms with van der Waals surface area (Å²) in [5.74, 6) is -0.931. The highest BCUT2D eigenvalue weighted by atomic mass is 16.5. The summed E-state index contributed by atoms with van der Waals surface area (Å²) in [5, 5.41) is 15.3. The van der Waals surface area contributed by atoms with Crippen molar-refractivity contribution in [1.82, 2.24) is 10.5 Å². The summed E-state index contributed by atoms with van der Waals surface area (Å²) < 4.78 is 10.1. The van der Waals surface area contributed by atoms with Crippen LogP contribution < -0.4 is 5.32 Å². The maximum atomic E-state index is 12.2. The maximum absolute atomic E-state index is 12.2. The first-order valence-corrected chi connectivity index (χ1v) is 6.58. The van der Waals surface area contributed by atoms with Gasteiger partial charge in [0.2, 0.25) is 0 Å². The zero-order valence-electron chi connectivity index (χ0n) is 13.0. The van der Waals surface area contributed by atoms with E-state index in [9.17, 15) is 9.59 Å². The van der Waals surface area contributed by atoms with E-state index in [-0.39, 0.29) is 24.1 Å². The zero-order chi connectivity index (χ0) is 16.3. The normalized spacial score (nSPS) is 14.5. The van der Waals surface area contributed by atoms with Crippen molar-refractivity contribution in [2.75, 3.05) is 13.7 Å². The van der Waals surface area contributed by atoms with Gasteiger partial charge in [0.15, 0.2) is 5.69 Å². The predicted molar refractivity (Wildman–Crippen MR) is 75.2 cm³/mol. The second kappa shape index (κ2) is 6.26. The molecule has 1 heterocycles. The van der Waals surface area contributed by atoms with Crippen LogP contribution in [0.25, 0.3) is 0 Å². The molecule has 118 valence electrons. The number of hydrogen-bond acceptors (Lipinski definition) is 5. The minimum absolute atomic E-state index is 0.0784. The van der Waals surface area contributed by atoms with Crippen LogP contribution in [0.4, 0.5) is 0 Å². The van der Waals surface area contributed by atoms with Gasteiger partial charge in [-0.15, -0.1) is 0 Å². The van der Waals surface area contributed by atoms with Gasteiger partial charge in [-0.2, -0.15) is 0 Å². The van der Waals surface area contributed by atoms with Gasteiger partial charge in [0.25, 0.3) is 5.91 Å². The molecular formula is C14H22N2O5. The maximum Gasteiger partial charge on any atom is 0.305 e. The number of nitrogens with zero attached hydrogens (tertiary/aromatic N) is 1. The number of carbonyl (C=O) groups excluding carboxylic acids is 1. The Balaban J connectivity index is 2.87. The van der Waals surface area contributed by atoms with Crippen molar-refractivity contribution in [2.45, 2.75) is 45.1 Å². The zero-order valence-corrected chi connectivity index (χ0v) is 13.0. The summed E-state index contributed by atoms with van der Waals surface area (Å²) in [6.45, 7) is 7.50. The molecule has 0 saturated carbocycles. The van der Waals surface area contributed by atoms with Crippen LogP contribution >= 0.6 is 0 Å². The lowest BCUT2D eigenvalue weighted by Gasteiger charge is -2.27. The molecule has 21 heavy (non-hydrogen) atoms. The van der Waals surface area contributed by atoms with Crippen molar-refractivity contribution in [3.8, 4) is 0 Å². The molecule has 7 heteroatoms. The number of methoxy groups -OCH3 is 1. The van der Waals surface area contributed by atoms with E-state index in [4.69, 9.17) is 14.4 Å². The number of rotatable bonds is 6. The summed E-state index contributed by atoms with van der Waals surface area (Å²) in [4.78, 5) is 23.1. The molecule has 0 aromatic carbocycles. The standard InChI is InChI=1S/C14H22N2O5/c1-13(2,3)10-6-9(16-21-10)12(19)15-14(4,8-20-5)7-11(17)18/h6H,7-8H2,1-5H3,(H,15,19)(H,17,18). The molecule has 1 rings (SSSR count).